The molecule has 0 spiro atoms. The van der Waals surface area contributed by atoms with Crippen molar-refractivity contribution in [2.75, 3.05) is 31.2 Å². The first kappa shape index (κ1) is 11.0. The van der Waals surface area contributed by atoms with Gasteiger partial charge in [0.05, 0.1) is 13.2 Å². The van der Waals surface area contributed by atoms with Crippen LogP contribution in [0.5, 0.6) is 0 Å². The quantitative estimate of drug-likeness (QED) is 0.702. The topological polar surface area (TPSA) is 12.5 Å². The van der Waals surface area contributed by atoms with Gasteiger partial charge in [0.2, 0.25) is 0 Å². The molecule has 2 rings (SSSR count). The molecule has 1 heterocycles. The number of morpholine rings is 1. The van der Waals surface area contributed by atoms with Crippen molar-refractivity contribution in [1.29, 1.82) is 0 Å². The molecule has 2 heteroatoms. The fourth-order valence-corrected chi connectivity index (χ4v) is 2.04. The van der Waals surface area contributed by atoms with Crippen LogP contribution in [0.2, 0.25) is 0 Å². The van der Waals surface area contributed by atoms with Crippen LogP contribution in [0.3, 0.4) is 0 Å². The molecular formula is C14H17NO. The summed E-state index contributed by atoms with van der Waals surface area (Å²) in [5, 5.41) is 0. The number of benzene rings is 1. The summed E-state index contributed by atoms with van der Waals surface area (Å²) in [6.45, 7) is 5.58. The second-order valence-corrected chi connectivity index (χ2v) is 4.05. The summed E-state index contributed by atoms with van der Waals surface area (Å²) in [4.78, 5) is 2.35. The molecule has 0 aromatic heterocycles. The van der Waals surface area contributed by atoms with Crippen LogP contribution < -0.4 is 4.90 Å². The Morgan fingerprint density at radius 3 is 2.69 bits per heavy atom. The molecule has 1 aromatic rings. The molecule has 16 heavy (non-hydrogen) atoms. The van der Waals surface area contributed by atoms with Gasteiger partial charge < -0.3 is 9.64 Å². The highest BCUT2D eigenvalue weighted by atomic mass is 16.5. The van der Waals surface area contributed by atoms with E-state index < -0.39 is 0 Å². The fourth-order valence-electron chi connectivity index (χ4n) is 2.04. The number of ether oxygens (including phenoxy) is 1. The van der Waals surface area contributed by atoms with E-state index in [9.17, 15) is 0 Å². The van der Waals surface area contributed by atoms with Gasteiger partial charge in [0, 0.05) is 24.7 Å². The van der Waals surface area contributed by atoms with E-state index in [1.54, 1.807) is 0 Å². The average molecular weight is 215 g/mol. The Kier molecular flexibility index (Phi) is 3.48. The van der Waals surface area contributed by atoms with Crippen LogP contribution in [0.15, 0.2) is 24.3 Å². The minimum absolute atomic E-state index is 0.166. The van der Waals surface area contributed by atoms with E-state index in [2.05, 4.69) is 35.9 Å². The minimum atomic E-state index is 0.166. The Balaban J connectivity index is 2.28. The van der Waals surface area contributed by atoms with Gasteiger partial charge >= 0.3 is 0 Å². The van der Waals surface area contributed by atoms with Crippen molar-refractivity contribution in [2.24, 2.45) is 0 Å². The van der Waals surface area contributed by atoms with E-state index >= 15 is 0 Å². The van der Waals surface area contributed by atoms with E-state index in [1.165, 1.54) is 11.3 Å². The molecule has 1 aliphatic rings. The van der Waals surface area contributed by atoms with Gasteiger partial charge in [-0.05, 0) is 18.6 Å². The first-order valence-electron chi connectivity index (χ1n) is 5.70. The van der Waals surface area contributed by atoms with Crippen LogP contribution in [-0.2, 0) is 4.74 Å². The number of para-hydroxylation sites is 1. The molecule has 2 nitrogen and oxygen atoms in total. The highest BCUT2D eigenvalue weighted by Gasteiger charge is 2.16. The molecule has 0 aliphatic carbocycles. The molecule has 1 fully saturated rings. The number of hydrogen-bond donors (Lipinski definition) is 0. The largest absolute Gasteiger partial charge is 0.378 e. The molecule has 1 saturated heterocycles. The zero-order valence-corrected chi connectivity index (χ0v) is 9.65. The standard InChI is InChI=1S/C14H17NO/c1-3-12(2)13-6-4-5-7-14(13)15-8-10-16-11-9-15/h1,4-7,12H,8-11H2,2H3. The van der Waals surface area contributed by atoms with Gasteiger partial charge in [0.15, 0.2) is 0 Å². The van der Waals surface area contributed by atoms with Crippen molar-refractivity contribution < 1.29 is 4.74 Å². The average Bonchev–Trinajstić information content (AvgIpc) is 2.39. The van der Waals surface area contributed by atoms with Gasteiger partial charge in [-0.1, -0.05) is 24.1 Å². The van der Waals surface area contributed by atoms with Crippen LogP contribution in [0.4, 0.5) is 5.69 Å². The maximum absolute atomic E-state index is 5.51. The predicted octanol–water partition coefficient (Wildman–Crippen LogP) is 2.26. The summed E-state index contributed by atoms with van der Waals surface area (Å²) in [5.74, 6) is 2.97. The van der Waals surface area contributed by atoms with Crippen molar-refractivity contribution >= 4 is 5.69 Å². The van der Waals surface area contributed by atoms with E-state index in [-0.39, 0.29) is 5.92 Å². The molecule has 1 unspecified atom stereocenters. The fraction of sp³-hybridized carbons (Fsp3) is 0.429. The molecule has 1 atom stereocenters. The Hall–Kier alpha value is -1.46. The van der Waals surface area contributed by atoms with Gasteiger partial charge in [0.1, 0.15) is 0 Å². The third-order valence-electron chi connectivity index (χ3n) is 3.01. The van der Waals surface area contributed by atoms with Crippen LogP contribution >= 0.6 is 0 Å². The highest BCUT2D eigenvalue weighted by Crippen LogP contribution is 2.27. The van der Waals surface area contributed by atoms with Crippen LogP contribution in [0, 0.1) is 12.3 Å². The number of terminal acetylenes is 1. The SMILES string of the molecule is C#CC(C)c1ccccc1N1CCOCC1. The molecular weight excluding hydrogens is 198 g/mol. The molecule has 0 bridgehead atoms. The van der Waals surface area contributed by atoms with Crippen molar-refractivity contribution in [1.82, 2.24) is 0 Å². The maximum Gasteiger partial charge on any atom is 0.0642 e. The van der Waals surface area contributed by atoms with Crippen LogP contribution in [-0.4, -0.2) is 26.3 Å². The highest BCUT2D eigenvalue weighted by molar-refractivity contribution is 5.56. The molecule has 0 saturated carbocycles. The van der Waals surface area contributed by atoms with Gasteiger partial charge in [-0.15, -0.1) is 6.42 Å². The van der Waals surface area contributed by atoms with Crippen LogP contribution in [0.1, 0.15) is 18.4 Å². The van der Waals surface area contributed by atoms with Crippen LogP contribution in [0.25, 0.3) is 0 Å². The summed E-state index contributed by atoms with van der Waals surface area (Å²) < 4.78 is 5.37. The number of rotatable bonds is 2. The Bertz CT molecular complexity index is 388. The lowest BCUT2D eigenvalue weighted by atomic mass is 9.99. The van der Waals surface area contributed by atoms with Crippen molar-refractivity contribution in [3.63, 3.8) is 0 Å². The first-order chi connectivity index (χ1) is 7.83. The first-order valence-corrected chi connectivity index (χ1v) is 5.70. The summed E-state index contributed by atoms with van der Waals surface area (Å²) in [6.07, 6.45) is 5.51. The molecule has 0 radical (unpaired) electrons. The predicted molar refractivity (Wildman–Crippen MR) is 66.7 cm³/mol. The molecule has 84 valence electrons. The molecule has 0 N–H and O–H groups in total. The Morgan fingerprint density at radius 1 is 1.31 bits per heavy atom. The van der Waals surface area contributed by atoms with Gasteiger partial charge in [-0.3, -0.25) is 0 Å². The summed E-state index contributed by atoms with van der Waals surface area (Å²) in [6, 6.07) is 8.38. The maximum atomic E-state index is 5.51. The van der Waals surface area contributed by atoms with E-state index in [4.69, 9.17) is 11.2 Å². The van der Waals surface area contributed by atoms with Gasteiger partial charge in [-0.25, -0.2) is 0 Å². The minimum Gasteiger partial charge on any atom is -0.378 e. The lowest BCUT2D eigenvalue weighted by molar-refractivity contribution is 0.122. The number of nitrogens with zero attached hydrogens (tertiary/aromatic N) is 1. The monoisotopic (exact) mass is 215 g/mol. The van der Waals surface area contributed by atoms with Crippen molar-refractivity contribution in [3.8, 4) is 12.3 Å². The zero-order chi connectivity index (χ0) is 11.4. The summed E-state index contributed by atoms with van der Waals surface area (Å²) >= 11 is 0. The Labute approximate surface area is 97.2 Å². The zero-order valence-electron chi connectivity index (χ0n) is 9.65. The smallest absolute Gasteiger partial charge is 0.0642 e. The van der Waals surface area contributed by atoms with E-state index in [0.29, 0.717) is 0 Å². The van der Waals surface area contributed by atoms with E-state index in [0.717, 1.165) is 26.3 Å². The van der Waals surface area contributed by atoms with Gasteiger partial charge in [0.25, 0.3) is 0 Å². The summed E-state index contributed by atoms with van der Waals surface area (Å²) in [7, 11) is 0. The molecule has 1 aliphatic heterocycles. The molecule has 1 aromatic carbocycles. The van der Waals surface area contributed by atoms with Crippen molar-refractivity contribution in [2.45, 2.75) is 12.8 Å². The number of hydrogen-bond acceptors (Lipinski definition) is 2. The van der Waals surface area contributed by atoms with Gasteiger partial charge in [-0.2, -0.15) is 0 Å². The molecule has 0 amide bonds. The second-order valence-electron chi connectivity index (χ2n) is 4.05. The number of anilines is 1. The third-order valence-corrected chi connectivity index (χ3v) is 3.01. The lowest BCUT2D eigenvalue weighted by Crippen LogP contribution is -2.36. The Morgan fingerprint density at radius 2 is 2.00 bits per heavy atom. The second kappa shape index (κ2) is 5.05. The third kappa shape index (κ3) is 2.20. The van der Waals surface area contributed by atoms with Crippen molar-refractivity contribution in [3.05, 3.63) is 29.8 Å². The summed E-state index contributed by atoms with van der Waals surface area (Å²) in [5.41, 5.74) is 2.50. The van der Waals surface area contributed by atoms with E-state index in [1.807, 2.05) is 6.07 Å². The normalized spacial score (nSPS) is 17.9. The lowest BCUT2D eigenvalue weighted by Gasteiger charge is -2.31.